The minimum absolute atomic E-state index is 0.0417. The molecule has 0 aliphatic heterocycles. The van der Waals surface area contributed by atoms with Crippen LogP contribution in [0.5, 0.6) is 0 Å². The summed E-state index contributed by atoms with van der Waals surface area (Å²) >= 11 is 0. The fourth-order valence-electron chi connectivity index (χ4n) is 6.44. The van der Waals surface area contributed by atoms with Crippen LogP contribution in [0.4, 0.5) is 5.69 Å². The third kappa shape index (κ3) is 40.7. The second-order valence-electron chi connectivity index (χ2n) is 16.5. The molecular formula is C49H96N2O6. The molecule has 0 saturated heterocycles. The van der Waals surface area contributed by atoms with Gasteiger partial charge in [-0.3, -0.25) is 9.59 Å². The van der Waals surface area contributed by atoms with Crippen molar-refractivity contribution in [1.29, 1.82) is 0 Å². The Morgan fingerprint density at radius 2 is 0.947 bits per heavy atom. The van der Waals surface area contributed by atoms with Crippen LogP contribution in [0.1, 0.15) is 227 Å². The van der Waals surface area contributed by atoms with Gasteiger partial charge in [0.05, 0.1) is 17.4 Å². The van der Waals surface area contributed by atoms with E-state index in [1.54, 1.807) is 14.0 Å². The van der Waals surface area contributed by atoms with E-state index in [4.69, 9.17) is 9.47 Å². The molecule has 0 aliphatic carbocycles. The lowest BCUT2D eigenvalue weighted by molar-refractivity contribution is -0.108. The number of ether oxygens (including phenoxy) is 2. The Kier molecular flexibility index (Phi) is 47.1. The van der Waals surface area contributed by atoms with Gasteiger partial charge in [0.2, 0.25) is 10.9 Å². The molecule has 0 amide bonds. The second-order valence-corrected chi connectivity index (χ2v) is 16.5. The summed E-state index contributed by atoms with van der Waals surface area (Å²) in [4.78, 5) is 46.0. The second kappa shape index (κ2) is 45.2. The number of hydrogen-bond acceptors (Lipinski definition) is 8. The Hall–Kier alpha value is -1.90. The summed E-state index contributed by atoms with van der Waals surface area (Å²) in [7, 11) is 3.60. The van der Waals surface area contributed by atoms with Crippen molar-refractivity contribution in [2.45, 2.75) is 240 Å². The van der Waals surface area contributed by atoms with Crippen molar-refractivity contribution in [3.8, 4) is 0 Å². The Bertz CT molecular complexity index is 1010. The first-order chi connectivity index (χ1) is 27.5. The van der Waals surface area contributed by atoms with E-state index in [1.807, 2.05) is 41.7 Å². The zero-order valence-electron chi connectivity index (χ0n) is 39.5. The molecule has 8 heteroatoms. The highest BCUT2D eigenvalue weighted by molar-refractivity contribution is 5.55. The van der Waals surface area contributed by atoms with Crippen LogP contribution in [0.3, 0.4) is 0 Å². The lowest BCUT2D eigenvalue weighted by atomic mass is 10.0. The Balaban J connectivity index is -0.000000919. The standard InChI is InChI=1S/C24H40N2O4.C18H38O.C5H12O.C2H6/c1-21-22(24(30)23(21)29)25-15-14-18-26(16-10-6-2-4-8-12-19-27)17-11-7-3-5-9-13-20-28;1-4-6-8-10-12-14-16-18(19-3)17-15-13-11-9-7-5-2;1-5(2,3)6-4;1-2/h19-20,25H,2-18H2,1H3;18H,4-17H2,1-3H3;1-4H3;1-2H3. The van der Waals surface area contributed by atoms with Crippen LogP contribution in [0.15, 0.2) is 9.59 Å². The van der Waals surface area contributed by atoms with Crippen molar-refractivity contribution < 1.29 is 19.1 Å². The molecule has 0 unspecified atom stereocenters. The first-order valence-corrected chi connectivity index (χ1v) is 23.7. The van der Waals surface area contributed by atoms with E-state index in [9.17, 15) is 19.2 Å². The van der Waals surface area contributed by atoms with Crippen LogP contribution < -0.4 is 16.2 Å². The largest absolute Gasteiger partial charge is 0.381 e. The van der Waals surface area contributed by atoms with Crippen LogP contribution in [0, 0.1) is 6.92 Å². The van der Waals surface area contributed by atoms with Crippen LogP contribution in [0.2, 0.25) is 0 Å². The zero-order valence-corrected chi connectivity index (χ0v) is 39.5. The molecule has 1 aromatic rings. The number of nitrogens with zero attached hydrogens (tertiary/aromatic N) is 1. The fourth-order valence-corrected chi connectivity index (χ4v) is 6.44. The highest BCUT2D eigenvalue weighted by atomic mass is 16.5. The number of anilines is 1. The summed E-state index contributed by atoms with van der Waals surface area (Å²) in [6, 6.07) is 0. The lowest BCUT2D eigenvalue weighted by Gasteiger charge is -2.23. The van der Waals surface area contributed by atoms with Gasteiger partial charge < -0.3 is 29.3 Å². The monoisotopic (exact) mass is 809 g/mol. The summed E-state index contributed by atoms with van der Waals surface area (Å²) in [5, 5.41) is 3.12. The molecule has 57 heavy (non-hydrogen) atoms. The van der Waals surface area contributed by atoms with Crippen molar-refractivity contribution >= 4 is 18.3 Å². The Morgan fingerprint density at radius 3 is 1.32 bits per heavy atom. The number of carbonyl (C=O) groups excluding carboxylic acids is 2. The number of aldehydes is 2. The van der Waals surface area contributed by atoms with Gasteiger partial charge in [-0.2, -0.15) is 0 Å². The molecule has 0 aliphatic rings. The van der Waals surface area contributed by atoms with Gasteiger partial charge in [0.15, 0.2) is 0 Å². The maximum atomic E-state index is 11.5. The highest BCUT2D eigenvalue weighted by Crippen LogP contribution is 2.16. The van der Waals surface area contributed by atoms with Crippen molar-refractivity contribution in [3.63, 3.8) is 0 Å². The van der Waals surface area contributed by atoms with E-state index in [1.165, 1.54) is 128 Å². The van der Waals surface area contributed by atoms with Crippen molar-refractivity contribution in [2.24, 2.45) is 0 Å². The van der Waals surface area contributed by atoms with Gasteiger partial charge in [-0.05, 0) is 92.3 Å². The number of carbonyl (C=O) groups is 2. The molecule has 338 valence electrons. The number of methoxy groups -OCH3 is 2. The minimum atomic E-state index is -0.381. The first kappa shape index (κ1) is 59.4. The SMILES string of the molecule is CC.CCCCCCCCC(CCCCCCCC)OC.COC(C)(C)C.Cc1c(NCCCN(CCCCCCCC=O)CCCCCCCC=O)c(=O)c1=O. The minimum Gasteiger partial charge on any atom is -0.381 e. The Morgan fingerprint density at radius 1 is 0.579 bits per heavy atom. The predicted octanol–water partition coefficient (Wildman–Crippen LogP) is 12.7. The van der Waals surface area contributed by atoms with E-state index in [0.717, 1.165) is 64.3 Å². The predicted molar refractivity (Wildman–Crippen MR) is 248 cm³/mol. The van der Waals surface area contributed by atoms with Gasteiger partial charge >= 0.3 is 0 Å². The summed E-state index contributed by atoms with van der Waals surface area (Å²) in [5.74, 6) is 0. The summed E-state index contributed by atoms with van der Waals surface area (Å²) < 4.78 is 10.5. The maximum Gasteiger partial charge on any atom is 0.249 e. The molecule has 0 radical (unpaired) electrons. The summed E-state index contributed by atoms with van der Waals surface area (Å²) in [6.07, 6.45) is 35.4. The van der Waals surface area contributed by atoms with Crippen molar-refractivity contribution in [1.82, 2.24) is 4.90 Å². The van der Waals surface area contributed by atoms with E-state index in [-0.39, 0.29) is 16.5 Å². The van der Waals surface area contributed by atoms with Gasteiger partial charge in [-0.15, -0.1) is 0 Å². The average molecular weight is 809 g/mol. The van der Waals surface area contributed by atoms with Crippen LogP contribution in [0.25, 0.3) is 0 Å². The van der Waals surface area contributed by atoms with Gasteiger partial charge in [0, 0.05) is 39.2 Å². The molecule has 0 atom stereocenters. The third-order valence-corrected chi connectivity index (χ3v) is 10.4. The van der Waals surface area contributed by atoms with Gasteiger partial charge in [0.1, 0.15) is 12.6 Å². The molecule has 1 rings (SSSR count). The molecule has 0 heterocycles. The number of nitrogens with one attached hydrogen (secondary N) is 1. The van der Waals surface area contributed by atoms with E-state index in [2.05, 4.69) is 24.1 Å². The Labute approximate surface area is 353 Å². The molecule has 1 aromatic carbocycles. The molecule has 0 spiro atoms. The number of hydrogen-bond donors (Lipinski definition) is 1. The normalized spacial score (nSPS) is 11.1. The highest BCUT2D eigenvalue weighted by Gasteiger charge is 2.16. The molecule has 1 N–H and O–H groups in total. The summed E-state index contributed by atoms with van der Waals surface area (Å²) in [5.41, 5.74) is 0.354. The molecule has 0 bridgehead atoms. The fraction of sp³-hybridized carbons (Fsp3) is 0.878. The van der Waals surface area contributed by atoms with Crippen molar-refractivity contribution in [2.75, 3.05) is 45.7 Å². The summed E-state index contributed by atoms with van der Waals surface area (Å²) in [6.45, 7) is 20.2. The third-order valence-electron chi connectivity index (χ3n) is 10.4. The average Bonchev–Trinajstić information content (AvgIpc) is 3.22. The van der Waals surface area contributed by atoms with Gasteiger partial charge in [-0.1, -0.05) is 143 Å². The topological polar surface area (TPSA) is 102 Å². The van der Waals surface area contributed by atoms with Crippen molar-refractivity contribution in [3.05, 3.63) is 26.0 Å². The molecule has 0 aromatic heterocycles. The van der Waals surface area contributed by atoms with E-state index < -0.39 is 0 Å². The smallest absolute Gasteiger partial charge is 0.249 e. The van der Waals surface area contributed by atoms with Crippen LogP contribution >= 0.6 is 0 Å². The maximum absolute atomic E-state index is 11.5. The lowest BCUT2D eigenvalue weighted by Crippen LogP contribution is -2.37. The van der Waals surface area contributed by atoms with E-state index in [0.29, 0.717) is 36.7 Å². The number of unbranched alkanes of at least 4 members (excludes halogenated alkanes) is 20. The number of rotatable bonds is 36. The van der Waals surface area contributed by atoms with Gasteiger partial charge in [-0.25, -0.2) is 0 Å². The quantitative estimate of drug-likeness (QED) is 0.0406. The zero-order chi connectivity index (χ0) is 43.4. The van der Waals surface area contributed by atoms with Crippen LogP contribution in [-0.4, -0.2) is 69.6 Å². The molecule has 8 nitrogen and oxygen atoms in total. The van der Waals surface area contributed by atoms with E-state index >= 15 is 0 Å². The molecular weight excluding hydrogens is 713 g/mol. The first-order valence-electron chi connectivity index (χ1n) is 23.7. The molecule has 0 fully saturated rings. The van der Waals surface area contributed by atoms with Crippen LogP contribution in [-0.2, 0) is 19.1 Å². The molecule has 0 saturated carbocycles. The van der Waals surface area contributed by atoms with Gasteiger partial charge in [0.25, 0.3) is 0 Å².